The Hall–Kier alpha value is -2.56. The first-order chi connectivity index (χ1) is 9.58. The molecule has 0 aliphatic carbocycles. The molecule has 0 aliphatic rings. The molecule has 1 amide bonds. The topological polar surface area (TPSA) is 76.7 Å². The molecule has 2 rings (SSSR count). The lowest BCUT2D eigenvalue weighted by Crippen LogP contribution is -2.37. The van der Waals surface area contributed by atoms with Crippen molar-refractivity contribution in [3.05, 3.63) is 48.0 Å². The number of nitrogens with zero attached hydrogens (tertiary/aromatic N) is 1. The van der Waals surface area contributed by atoms with E-state index in [1.165, 1.54) is 0 Å². The van der Waals surface area contributed by atoms with E-state index in [0.717, 1.165) is 10.8 Å². The van der Waals surface area contributed by atoms with Gasteiger partial charge in [0.05, 0.1) is 0 Å². The number of hydrogen-bond donors (Lipinski definition) is 2. The van der Waals surface area contributed by atoms with Crippen LogP contribution in [0.15, 0.2) is 47.6 Å². The van der Waals surface area contributed by atoms with Gasteiger partial charge in [-0.15, -0.1) is 0 Å². The smallest absolute Gasteiger partial charge is 0.258 e. The summed E-state index contributed by atoms with van der Waals surface area (Å²) in [7, 11) is 0. The summed E-state index contributed by atoms with van der Waals surface area (Å²) in [6, 6.07) is 13.2. The average molecular weight is 271 g/mol. The number of fused-ring (bicyclic) bond motifs is 1. The number of rotatable bonds is 3. The summed E-state index contributed by atoms with van der Waals surface area (Å²) in [5.41, 5.74) is 6.14. The van der Waals surface area contributed by atoms with Gasteiger partial charge < -0.3 is 10.6 Å². The highest BCUT2D eigenvalue weighted by Gasteiger charge is 2.10. The Morgan fingerprint density at radius 2 is 1.90 bits per heavy atom. The van der Waals surface area contributed by atoms with Gasteiger partial charge in [0.25, 0.3) is 5.91 Å². The lowest BCUT2D eigenvalue weighted by molar-refractivity contribution is 0.0830. The molecule has 3 N–H and O–H groups in total. The molecule has 5 heteroatoms. The van der Waals surface area contributed by atoms with Gasteiger partial charge in [0.1, 0.15) is 6.10 Å². The molecular formula is C15H17N3O2. The molecule has 0 fully saturated rings. The van der Waals surface area contributed by atoms with Crippen molar-refractivity contribution in [3.63, 3.8) is 0 Å². The van der Waals surface area contributed by atoms with Crippen molar-refractivity contribution < 1.29 is 9.63 Å². The summed E-state index contributed by atoms with van der Waals surface area (Å²) in [6.07, 6.45) is -0.0944. The highest BCUT2D eigenvalue weighted by atomic mass is 16.6. The van der Waals surface area contributed by atoms with Crippen molar-refractivity contribution in [3.8, 4) is 0 Å². The Bertz CT molecular complexity index is 645. The van der Waals surface area contributed by atoms with Gasteiger partial charge in [-0.05, 0) is 35.8 Å². The first-order valence-electron chi connectivity index (χ1n) is 6.36. The van der Waals surface area contributed by atoms with Gasteiger partial charge >= 0.3 is 0 Å². The number of hydrogen-bond acceptors (Lipinski definition) is 3. The molecule has 104 valence electrons. The van der Waals surface area contributed by atoms with E-state index in [0.29, 0.717) is 5.56 Å². The average Bonchev–Trinajstić information content (AvgIpc) is 2.44. The lowest BCUT2D eigenvalue weighted by Gasteiger charge is -2.08. The molecule has 5 nitrogen and oxygen atoms in total. The highest BCUT2D eigenvalue weighted by molar-refractivity contribution is 6.12. The second kappa shape index (κ2) is 6.06. The van der Waals surface area contributed by atoms with E-state index < -0.39 is 0 Å². The van der Waals surface area contributed by atoms with Crippen LogP contribution in [0, 0.1) is 0 Å². The molecule has 0 aromatic heterocycles. The van der Waals surface area contributed by atoms with Gasteiger partial charge in [-0.2, -0.15) is 0 Å². The fourth-order valence-corrected chi connectivity index (χ4v) is 1.79. The number of benzene rings is 2. The summed E-state index contributed by atoms with van der Waals surface area (Å²) < 4.78 is 0. The van der Waals surface area contributed by atoms with E-state index in [4.69, 9.17) is 10.6 Å². The van der Waals surface area contributed by atoms with Gasteiger partial charge in [-0.1, -0.05) is 36.4 Å². The maximum atomic E-state index is 12.2. The van der Waals surface area contributed by atoms with Gasteiger partial charge in [0.15, 0.2) is 0 Å². The molecule has 0 aliphatic heterocycles. The number of carbonyl (C=O) groups excluding carboxylic acids is 1. The minimum atomic E-state index is -0.310. The third kappa shape index (κ3) is 3.26. The Morgan fingerprint density at radius 3 is 2.65 bits per heavy atom. The van der Waals surface area contributed by atoms with Crippen LogP contribution in [0.1, 0.15) is 24.2 Å². The normalized spacial score (nSPS) is 11.7. The zero-order chi connectivity index (χ0) is 14.5. The standard InChI is InChI=1S/C15H17N3O2/c1-10(2)20-18-15(16)17-14(19)13-9-5-7-11-6-3-4-8-12(11)13/h3-10H,1-2H3,(H3,16,17,18,19). The van der Waals surface area contributed by atoms with Crippen molar-refractivity contribution in [1.82, 2.24) is 5.32 Å². The summed E-state index contributed by atoms with van der Waals surface area (Å²) in [4.78, 5) is 17.2. The van der Waals surface area contributed by atoms with Crippen molar-refractivity contribution in [2.75, 3.05) is 0 Å². The van der Waals surface area contributed by atoms with Crippen molar-refractivity contribution >= 4 is 22.6 Å². The number of oxime groups is 1. The van der Waals surface area contributed by atoms with Crippen LogP contribution >= 0.6 is 0 Å². The fourth-order valence-electron chi connectivity index (χ4n) is 1.79. The number of nitrogens with two attached hydrogens (primary N) is 1. The number of carbonyl (C=O) groups is 1. The first-order valence-corrected chi connectivity index (χ1v) is 6.36. The van der Waals surface area contributed by atoms with E-state index >= 15 is 0 Å². The number of amides is 1. The molecule has 0 radical (unpaired) electrons. The van der Waals surface area contributed by atoms with E-state index in [9.17, 15) is 4.79 Å². The predicted molar refractivity (Wildman–Crippen MR) is 79.3 cm³/mol. The van der Waals surface area contributed by atoms with Gasteiger partial charge in [0, 0.05) is 5.56 Å². The van der Waals surface area contributed by atoms with Crippen LogP contribution < -0.4 is 11.1 Å². The van der Waals surface area contributed by atoms with Gasteiger partial charge in [-0.3, -0.25) is 10.1 Å². The van der Waals surface area contributed by atoms with Crippen molar-refractivity contribution in [2.24, 2.45) is 10.9 Å². The van der Waals surface area contributed by atoms with Gasteiger partial charge in [0.2, 0.25) is 5.96 Å². The molecule has 0 unspecified atom stereocenters. The molecule has 0 saturated heterocycles. The Labute approximate surface area is 117 Å². The van der Waals surface area contributed by atoms with Crippen LogP contribution in [0.5, 0.6) is 0 Å². The molecule has 20 heavy (non-hydrogen) atoms. The Morgan fingerprint density at radius 1 is 1.20 bits per heavy atom. The summed E-state index contributed by atoms with van der Waals surface area (Å²) >= 11 is 0. The highest BCUT2D eigenvalue weighted by Crippen LogP contribution is 2.18. The van der Waals surface area contributed by atoms with Crippen LogP contribution in [-0.2, 0) is 4.84 Å². The molecule has 0 bridgehead atoms. The zero-order valence-corrected chi connectivity index (χ0v) is 11.5. The quantitative estimate of drug-likeness (QED) is 0.510. The van der Waals surface area contributed by atoms with E-state index in [1.807, 2.05) is 50.2 Å². The number of guanidine groups is 1. The Kier molecular flexibility index (Phi) is 4.20. The van der Waals surface area contributed by atoms with Gasteiger partial charge in [-0.25, -0.2) is 0 Å². The third-order valence-electron chi connectivity index (χ3n) is 2.64. The SMILES string of the molecule is CC(C)ON=C(N)NC(=O)c1cccc2ccccc12. The summed E-state index contributed by atoms with van der Waals surface area (Å²) in [5.74, 6) is -0.368. The summed E-state index contributed by atoms with van der Waals surface area (Å²) in [5, 5.41) is 8.00. The van der Waals surface area contributed by atoms with Crippen LogP contribution in [0.4, 0.5) is 0 Å². The van der Waals surface area contributed by atoms with Crippen molar-refractivity contribution in [2.45, 2.75) is 20.0 Å². The maximum Gasteiger partial charge on any atom is 0.258 e. The largest absolute Gasteiger partial charge is 0.390 e. The first kappa shape index (κ1) is 13.9. The van der Waals surface area contributed by atoms with Crippen LogP contribution in [0.2, 0.25) is 0 Å². The van der Waals surface area contributed by atoms with E-state index in [-0.39, 0.29) is 18.0 Å². The molecular weight excluding hydrogens is 254 g/mol. The van der Waals surface area contributed by atoms with E-state index in [2.05, 4.69) is 10.5 Å². The molecule has 2 aromatic carbocycles. The van der Waals surface area contributed by atoms with Crippen molar-refractivity contribution in [1.29, 1.82) is 0 Å². The van der Waals surface area contributed by atoms with Crippen LogP contribution in [-0.4, -0.2) is 18.0 Å². The number of nitrogens with one attached hydrogen (secondary N) is 1. The fraction of sp³-hybridized carbons (Fsp3) is 0.200. The second-order valence-electron chi connectivity index (χ2n) is 4.61. The maximum absolute atomic E-state index is 12.2. The van der Waals surface area contributed by atoms with Crippen LogP contribution in [0.3, 0.4) is 0 Å². The third-order valence-corrected chi connectivity index (χ3v) is 2.64. The molecule has 0 heterocycles. The predicted octanol–water partition coefficient (Wildman–Crippen LogP) is 2.22. The van der Waals surface area contributed by atoms with E-state index in [1.54, 1.807) is 6.07 Å². The molecule has 2 aromatic rings. The molecule has 0 atom stereocenters. The Balaban J connectivity index is 2.22. The molecule has 0 spiro atoms. The summed E-state index contributed by atoms with van der Waals surface area (Å²) in [6.45, 7) is 3.65. The zero-order valence-electron chi connectivity index (χ0n) is 11.5. The minimum absolute atomic E-state index is 0.0587. The minimum Gasteiger partial charge on any atom is -0.390 e. The molecule has 0 saturated carbocycles. The van der Waals surface area contributed by atoms with Crippen LogP contribution in [0.25, 0.3) is 10.8 Å². The monoisotopic (exact) mass is 271 g/mol. The second-order valence-corrected chi connectivity index (χ2v) is 4.61. The lowest BCUT2D eigenvalue weighted by atomic mass is 10.0.